The van der Waals surface area contributed by atoms with Gasteiger partial charge in [0.2, 0.25) is 0 Å². The van der Waals surface area contributed by atoms with Gasteiger partial charge in [-0.2, -0.15) is 18.4 Å². The van der Waals surface area contributed by atoms with E-state index in [0.717, 1.165) is 6.07 Å². The molecule has 1 N–H and O–H groups in total. The van der Waals surface area contributed by atoms with Crippen LogP contribution in [0.5, 0.6) is 11.5 Å². The second-order valence-electron chi connectivity index (χ2n) is 5.73. The van der Waals surface area contributed by atoms with E-state index in [-0.39, 0.29) is 22.7 Å². The number of hydrogen-bond acceptors (Lipinski definition) is 3. The van der Waals surface area contributed by atoms with E-state index in [4.69, 9.17) is 15.4 Å². The number of aryl methyl sites for hydroxylation is 1. The number of ether oxygens (including phenoxy) is 1. The van der Waals surface area contributed by atoms with E-state index in [0.29, 0.717) is 12.1 Å². The van der Waals surface area contributed by atoms with Crippen LogP contribution in [-0.2, 0) is 6.18 Å². The first-order valence-corrected chi connectivity index (χ1v) is 7.88. The van der Waals surface area contributed by atoms with Gasteiger partial charge in [-0.1, -0.05) is 12.1 Å². The number of amidine groups is 1. The van der Waals surface area contributed by atoms with Crippen LogP contribution in [0.1, 0.15) is 29.2 Å². The van der Waals surface area contributed by atoms with Crippen molar-refractivity contribution in [2.24, 2.45) is 0 Å². The lowest BCUT2D eigenvalue weighted by Gasteiger charge is -2.22. The molecule has 0 fully saturated rings. The van der Waals surface area contributed by atoms with Gasteiger partial charge in [0.1, 0.15) is 23.4 Å². The predicted octanol–water partition coefficient (Wildman–Crippen LogP) is 4.95. The number of hydrogen-bond donors (Lipinski definition) is 1. The average Bonchev–Trinajstić information content (AvgIpc) is 2.60. The SMILES string of the molecule is CCN(C)C(=N)c1cc(C(F)(F)F)c(Oc2ccccc2C#N)cc1C. The average molecular weight is 361 g/mol. The zero-order valence-electron chi connectivity index (χ0n) is 14.6. The highest BCUT2D eigenvalue weighted by Gasteiger charge is 2.36. The normalized spacial score (nSPS) is 11.0. The number of nitrogens with one attached hydrogen (secondary N) is 1. The summed E-state index contributed by atoms with van der Waals surface area (Å²) >= 11 is 0. The second-order valence-corrected chi connectivity index (χ2v) is 5.73. The van der Waals surface area contributed by atoms with E-state index in [1.54, 1.807) is 31.0 Å². The van der Waals surface area contributed by atoms with Crippen molar-refractivity contribution in [3.05, 3.63) is 58.7 Å². The van der Waals surface area contributed by atoms with E-state index in [2.05, 4.69) is 0 Å². The third-order valence-electron chi connectivity index (χ3n) is 3.97. The molecule has 0 spiro atoms. The quantitative estimate of drug-likeness (QED) is 0.619. The lowest BCUT2D eigenvalue weighted by atomic mass is 10.0. The molecule has 0 saturated heterocycles. The van der Waals surface area contributed by atoms with Crippen molar-refractivity contribution < 1.29 is 17.9 Å². The van der Waals surface area contributed by atoms with Gasteiger partial charge < -0.3 is 9.64 Å². The van der Waals surface area contributed by atoms with Gasteiger partial charge in [0.15, 0.2) is 0 Å². The molecule has 2 aromatic carbocycles. The Morgan fingerprint density at radius 1 is 1.23 bits per heavy atom. The number of nitrogens with zero attached hydrogens (tertiary/aromatic N) is 2. The van der Waals surface area contributed by atoms with Crippen LogP contribution in [-0.4, -0.2) is 24.3 Å². The summed E-state index contributed by atoms with van der Waals surface area (Å²) in [5.74, 6) is -0.346. The fourth-order valence-electron chi connectivity index (χ4n) is 2.37. The Kier molecular flexibility index (Phi) is 5.56. The number of nitriles is 1. The highest BCUT2D eigenvalue weighted by molar-refractivity contribution is 5.98. The minimum absolute atomic E-state index is 0.000486. The monoisotopic (exact) mass is 361 g/mol. The van der Waals surface area contributed by atoms with Gasteiger partial charge in [-0.05, 0) is 43.7 Å². The molecule has 0 heterocycles. The molecule has 0 radical (unpaired) electrons. The van der Waals surface area contributed by atoms with Crippen LogP contribution in [0.3, 0.4) is 0 Å². The van der Waals surface area contributed by atoms with Crippen LogP contribution in [0, 0.1) is 23.7 Å². The number of rotatable bonds is 4. The molecule has 2 aromatic rings. The molecule has 0 saturated carbocycles. The van der Waals surface area contributed by atoms with Gasteiger partial charge in [-0.25, -0.2) is 0 Å². The van der Waals surface area contributed by atoms with E-state index < -0.39 is 17.5 Å². The van der Waals surface area contributed by atoms with Crippen LogP contribution in [0.4, 0.5) is 13.2 Å². The standard InChI is InChI=1S/C19H18F3N3O/c1-4-25(3)18(24)14-10-15(19(20,21)22)17(9-12(14)2)26-16-8-6-5-7-13(16)11-23/h5-10,24H,4H2,1-3H3. The summed E-state index contributed by atoms with van der Waals surface area (Å²) in [4.78, 5) is 1.55. The van der Waals surface area contributed by atoms with Gasteiger partial charge in [0, 0.05) is 19.2 Å². The Labute approximate surface area is 149 Å². The minimum atomic E-state index is -4.66. The fourth-order valence-corrected chi connectivity index (χ4v) is 2.37. The Hall–Kier alpha value is -3.01. The molecule has 0 aliphatic rings. The molecule has 26 heavy (non-hydrogen) atoms. The molecule has 0 bridgehead atoms. The van der Waals surface area contributed by atoms with Crippen molar-refractivity contribution in [1.29, 1.82) is 10.7 Å². The third-order valence-corrected chi connectivity index (χ3v) is 3.97. The van der Waals surface area contributed by atoms with E-state index in [1.165, 1.54) is 18.2 Å². The number of para-hydroxylation sites is 1. The zero-order chi connectivity index (χ0) is 19.5. The van der Waals surface area contributed by atoms with Gasteiger partial charge in [0.05, 0.1) is 11.1 Å². The number of halogens is 3. The maximum atomic E-state index is 13.6. The molecule has 0 atom stereocenters. The van der Waals surface area contributed by atoms with E-state index >= 15 is 0 Å². The maximum absolute atomic E-state index is 13.6. The largest absolute Gasteiger partial charge is 0.455 e. The first-order chi connectivity index (χ1) is 12.2. The number of benzene rings is 2. The summed E-state index contributed by atoms with van der Waals surface area (Å²) in [6.45, 7) is 3.93. The summed E-state index contributed by atoms with van der Waals surface area (Å²) in [6, 6.07) is 10.2. The van der Waals surface area contributed by atoms with Gasteiger partial charge in [0.25, 0.3) is 0 Å². The Morgan fingerprint density at radius 3 is 2.46 bits per heavy atom. The van der Waals surface area contributed by atoms with Crippen molar-refractivity contribution in [2.75, 3.05) is 13.6 Å². The lowest BCUT2D eigenvalue weighted by Crippen LogP contribution is -2.27. The maximum Gasteiger partial charge on any atom is 0.420 e. The highest BCUT2D eigenvalue weighted by atomic mass is 19.4. The van der Waals surface area contributed by atoms with Crippen LogP contribution >= 0.6 is 0 Å². The summed E-state index contributed by atoms with van der Waals surface area (Å²) in [7, 11) is 1.64. The first kappa shape index (κ1) is 19.3. The molecule has 0 aliphatic carbocycles. The number of alkyl halides is 3. The Bertz CT molecular complexity index is 869. The van der Waals surface area contributed by atoms with Crippen molar-refractivity contribution in [3.8, 4) is 17.6 Å². The molecule has 4 nitrogen and oxygen atoms in total. The smallest absolute Gasteiger partial charge is 0.420 e. The summed E-state index contributed by atoms with van der Waals surface area (Å²) in [5, 5.41) is 17.2. The van der Waals surface area contributed by atoms with Crippen LogP contribution in [0.15, 0.2) is 36.4 Å². The summed E-state index contributed by atoms with van der Waals surface area (Å²) in [5.41, 5.74) is -0.184. The van der Waals surface area contributed by atoms with Crippen molar-refractivity contribution in [1.82, 2.24) is 4.90 Å². The third kappa shape index (κ3) is 3.97. The topological polar surface area (TPSA) is 60.1 Å². The van der Waals surface area contributed by atoms with Gasteiger partial charge in [-0.15, -0.1) is 0 Å². The van der Waals surface area contributed by atoms with Gasteiger partial charge >= 0.3 is 6.18 Å². The molecule has 2 rings (SSSR count). The van der Waals surface area contributed by atoms with Gasteiger partial charge in [-0.3, -0.25) is 5.41 Å². The summed E-state index contributed by atoms with van der Waals surface area (Å²) < 4.78 is 46.1. The van der Waals surface area contributed by atoms with E-state index in [9.17, 15) is 13.2 Å². The molecule has 136 valence electrons. The Balaban J connectivity index is 2.58. The molecule has 7 heteroatoms. The molecule has 0 unspecified atom stereocenters. The molecule has 0 aliphatic heterocycles. The first-order valence-electron chi connectivity index (χ1n) is 7.88. The van der Waals surface area contributed by atoms with Crippen LogP contribution in [0.2, 0.25) is 0 Å². The van der Waals surface area contributed by atoms with E-state index in [1.807, 2.05) is 13.0 Å². The molecule has 0 amide bonds. The zero-order valence-corrected chi connectivity index (χ0v) is 14.6. The lowest BCUT2D eigenvalue weighted by molar-refractivity contribution is -0.138. The molecular formula is C19H18F3N3O. The molecule has 0 aromatic heterocycles. The second kappa shape index (κ2) is 7.48. The summed E-state index contributed by atoms with van der Waals surface area (Å²) in [6.07, 6.45) is -4.66. The van der Waals surface area contributed by atoms with Crippen molar-refractivity contribution in [2.45, 2.75) is 20.0 Å². The Morgan fingerprint density at radius 2 is 1.88 bits per heavy atom. The van der Waals surface area contributed by atoms with Crippen molar-refractivity contribution >= 4 is 5.84 Å². The van der Waals surface area contributed by atoms with Crippen LogP contribution in [0.25, 0.3) is 0 Å². The minimum Gasteiger partial charge on any atom is -0.455 e. The van der Waals surface area contributed by atoms with Crippen molar-refractivity contribution in [3.63, 3.8) is 0 Å². The molecular weight excluding hydrogens is 343 g/mol. The fraction of sp³-hybridized carbons (Fsp3) is 0.263. The van der Waals surface area contributed by atoms with Crippen LogP contribution < -0.4 is 4.74 Å². The predicted molar refractivity (Wildman–Crippen MR) is 92.5 cm³/mol. The highest BCUT2D eigenvalue weighted by Crippen LogP contribution is 2.40.